The smallest absolute Gasteiger partial charge is 0.133 e. The fraction of sp³-hybridized carbons (Fsp3) is 0.467. The largest absolute Gasteiger partial charge is 0.464 e. The average molecular weight is 293 g/mol. The SMILES string of the molecule is CNC(C)C1(c2ccc3occc3c2)SCCCS1. The van der Waals surface area contributed by atoms with Gasteiger partial charge in [-0.15, -0.1) is 23.5 Å². The van der Waals surface area contributed by atoms with E-state index >= 15 is 0 Å². The van der Waals surface area contributed by atoms with Crippen LogP contribution in [0.4, 0.5) is 0 Å². The normalized spacial score (nSPS) is 20.5. The zero-order valence-corrected chi connectivity index (χ0v) is 12.9. The van der Waals surface area contributed by atoms with E-state index in [1.165, 1.54) is 28.9 Å². The van der Waals surface area contributed by atoms with Crippen molar-refractivity contribution in [3.05, 3.63) is 36.1 Å². The van der Waals surface area contributed by atoms with Crippen molar-refractivity contribution < 1.29 is 4.42 Å². The summed E-state index contributed by atoms with van der Waals surface area (Å²) < 4.78 is 5.57. The Morgan fingerprint density at radius 3 is 2.79 bits per heavy atom. The summed E-state index contributed by atoms with van der Waals surface area (Å²) in [6, 6.07) is 9.11. The Balaban J connectivity index is 2.06. The van der Waals surface area contributed by atoms with E-state index in [1.807, 2.05) is 0 Å². The lowest BCUT2D eigenvalue weighted by atomic mass is 10.0. The molecule has 1 aliphatic heterocycles. The van der Waals surface area contributed by atoms with E-state index in [2.05, 4.69) is 67.1 Å². The van der Waals surface area contributed by atoms with E-state index in [0.29, 0.717) is 6.04 Å². The van der Waals surface area contributed by atoms with Crippen LogP contribution in [0, 0.1) is 0 Å². The maximum Gasteiger partial charge on any atom is 0.133 e. The van der Waals surface area contributed by atoms with E-state index < -0.39 is 0 Å². The van der Waals surface area contributed by atoms with Crippen LogP contribution in [0.5, 0.6) is 0 Å². The third kappa shape index (κ3) is 2.30. The van der Waals surface area contributed by atoms with Crippen molar-refractivity contribution in [1.29, 1.82) is 0 Å². The first kappa shape index (κ1) is 13.4. The van der Waals surface area contributed by atoms with Crippen molar-refractivity contribution in [2.24, 2.45) is 0 Å². The molecule has 1 aromatic carbocycles. The van der Waals surface area contributed by atoms with Crippen LogP contribution >= 0.6 is 23.5 Å². The summed E-state index contributed by atoms with van der Waals surface area (Å²) in [7, 11) is 2.05. The van der Waals surface area contributed by atoms with Gasteiger partial charge in [-0.3, -0.25) is 0 Å². The molecular weight excluding hydrogens is 274 g/mol. The van der Waals surface area contributed by atoms with Gasteiger partial charge >= 0.3 is 0 Å². The number of rotatable bonds is 3. The molecule has 102 valence electrons. The molecule has 0 saturated carbocycles. The molecule has 1 fully saturated rings. The minimum atomic E-state index is 0.123. The Labute approximate surface area is 122 Å². The molecule has 4 heteroatoms. The first-order chi connectivity index (χ1) is 9.26. The average Bonchev–Trinajstić information content (AvgIpc) is 2.94. The van der Waals surface area contributed by atoms with Crippen LogP contribution in [-0.2, 0) is 4.08 Å². The highest BCUT2D eigenvalue weighted by atomic mass is 32.2. The van der Waals surface area contributed by atoms with Crippen molar-refractivity contribution in [2.45, 2.75) is 23.5 Å². The number of nitrogens with one attached hydrogen (secondary N) is 1. The van der Waals surface area contributed by atoms with Crippen LogP contribution in [0.3, 0.4) is 0 Å². The zero-order valence-electron chi connectivity index (χ0n) is 11.3. The van der Waals surface area contributed by atoms with Crippen molar-refractivity contribution in [3.8, 4) is 0 Å². The third-order valence-corrected chi connectivity index (χ3v) is 7.51. The molecule has 1 aliphatic rings. The lowest BCUT2D eigenvalue weighted by molar-refractivity contribution is 0.564. The van der Waals surface area contributed by atoms with Gasteiger partial charge in [-0.1, -0.05) is 6.07 Å². The lowest BCUT2D eigenvalue weighted by Crippen LogP contribution is -2.42. The number of hydrogen-bond donors (Lipinski definition) is 1. The predicted octanol–water partition coefficient (Wildman–Crippen LogP) is 4.06. The van der Waals surface area contributed by atoms with Crippen LogP contribution in [0.2, 0.25) is 0 Å². The molecule has 2 aromatic rings. The lowest BCUT2D eigenvalue weighted by Gasteiger charge is -2.41. The summed E-state index contributed by atoms with van der Waals surface area (Å²) in [6.45, 7) is 2.28. The Kier molecular flexibility index (Phi) is 3.83. The fourth-order valence-electron chi connectivity index (χ4n) is 2.59. The maximum atomic E-state index is 5.45. The number of thioether (sulfide) groups is 2. The van der Waals surface area contributed by atoms with Crippen LogP contribution in [0.1, 0.15) is 18.9 Å². The molecule has 1 aromatic heterocycles. The minimum Gasteiger partial charge on any atom is -0.464 e. The number of fused-ring (bicyclic) bond motifs is 1. The molecule has 1 unspecified atom stereocenters. The highest BCUT2D eigenvalue weighted by molar-refractivity contribution is 8.18. The molecule has 2 heterocycles. The van der Waals surface area contributed by atoms with Gasteiger partial charge in [0.05, 0.1) is 6.26 Å². The Hall–Kier alpha value is -0.580. The summed E-state index contributed by atoms with van der Waals surface area (Å²) in [6.07, 6.45) is 3.07. The second kappa shape index (κ2) is 5.43. The second-order valence-electron chi connectivity index (χ2n) is 4.90. The minimum absolute atomic E-state index is 0.123. The van der Waals surface area contributed by atoms with Crippen molar-refractivity contribution >= 4 is 34.5 Å². The highest BCUT2D eigenvalue weighted by Gasteiger charge is 2.40. The van der Waals surface area contributed by atoms with Gasteiger partial charge in [-0.2, -0.15) is 0 Å². The summed E-state index contributed by atoms with van der Waals surface area (Å²) in [4.78, 5) is 0. The van der Waals surface area contributed by atoms with Crippen molar-refractivity contribution in [3.63, 3.8) is 0 Å². The quantitative estimate of drug-likeness (QED) is 0.922. The van der Waals surface area contributed by atoms with Crippen LogP contribution in [0.15, 0.2) is 34.9 Å². The van der Waals surface area contributed by atoms with Crippen LogP contribution < -0.4 is 5.32 Å². The Morgan fingerprint density at radius 2 is 2.05 bits per heavy atom. The topological polar surface area (TPSA) is 25.2 Å². The number of likely N-dealkylation sites (N-methyl/N-ethyl adjacent to an activating group) is 1. The van der Waals surface area contributed by atoms with Gasteiger partial charge < -0.3 is 9.73 Å². The maximum absolute atomic E-state index is 5.45. The van der Waals surface area contributed by atoms with Crippen molar-refractivity contribution in [2.75, 3.05) is 18.6 Å². The molecule has 1 N–H and O–H groups in total. The number of hydrogen-bond acceptors (Lipinski definition) is 4. The predicted molar refractivity (Wildman–Crippen MR) is 85.9 cm³/mol. The van der Waals surface area contributed by atoms with E-state index in [0.717, 1.165) is 5.58 Å². The number of benzene rings is 1. The van der Waals surface area contributed by atoms with E-state index in [-0.39, 0.29) is 4.08 Å². The van der Waals surface area contributed by atoms with Gasteiger partial charge in [0.15, 0.2) is 0 Å². The molecular formula is C15H19NOS2. The van der Waals surface area contributed by atoms with Crippen molar-refractivity contribution in [1.82, 2.24) is 5.32 Å². The molecule has 0 spiro atoms. The van der Waals surface area contributed by atoms with Gasteiger partial charge in [0.2, 0.25) is 0 Å². The molecule has 3 rings (SSSR count). The monoisotopic (exact) mass is 293 g/mol. The van der Waals surface area contributed by atoms with Gasteiger partial charge in [-0.25, -0.2) is 0 Å². The Bertz CT molecular complexity index is 560. The highest BCUT2D eigenvalue weighted by Crippen LogP contribution is 2.52. The van der Waals surface area contributed by atoms with Crippen LogP contribution in [-0.4, -0.2) is 24.6 Å². The number of furan rings is 1. The third-order valence-electron chi connectivity index (χ3n) is 3.78. The molecule has 2 nitrogen and oxygen atoms in total. The molecule has 0 radical (unpaired) electrons. The van der Waals surface area contributed by atoms with Gasteiger partial charge in [-0.05, 0) is 55.7 Å². The molecule has 1 saturated heterocycles. The molecule has 1 atom stereocenters. The second-order valence-corrected chi connectivity index (χ2v) is 7.84. The van der Waals surface area contributed by atoms with E-state index in [1.54, 1.807) is 6.26 Å². The van der Waals surface area contributed by atoms with Gasteiger partial charge in [0.1, 0.15) is 9.66 Å². The first-order valence-electron chi connectivity index (χ1n) is 6.69. The fourth-order valence-corrected chi connectivity index (χ4v) is 6.11. The summed E-state index contributed by atoms with van der Waals surface area (Å²) in [5.74, 6) is 2.48. The van der Waals surface area contributed by atoms with Gasteiger partial charge in [0.25, 0.3) is 0 Å². The summed E-state index contributed by atoms with van der Waals surface area (Å²) in [5.41, 5.74) is 2.37. The van der Waals surface area contributed by atoms with E-state index in [9.17, 15) is 0 Å². The molecule has 0 bridgehead atoms. The first-order valence-corrected chi connectivity index (χ1v) is 8.66. The Morgan fingerprint density at radius 1 is 1.26 bits per heavy atom. The summed E-state index contributed by atoms with van der Waals surface area (Å²) in [5, 5.41) is 4.65. The van der Waals surface area contributed by atoms with Crippen LogP contribution in [0.25, 0.3) is 11.0 Å². The van der Waals surface area contributed by atoms with E-state index in [4.69, 9.17) is 4.42 Å². The molecule has 0 aliphatic carbocycles. The molecule has 0 amide bonds. The molecule has 19 heavy (non-hydrogen) atoms. The zero-order chi connectivity index (χ0) is 13.3. The van der Waals surface area contributed by atoms with Gasteiger partial charge in [0, 0.05) is 11.4 Å². The summed E-state index contributed by atoms with van der Waals surface area (Å²) >= 11 is 4.15. The standard InChI is InChI=1S/C15H19NOS2/c1-11(16-2)15(18-8-3-9-19-15)13-4-5-14-12(10-13)6-7-17-14/h4-7,10-11,16H,3,8-9H2,1-2H3.